The fourth-order valence-electron chi connectivity index (χ4n) is 2.14. The molecule has 0 saturated carbocycles. The van der Waals surface area contributed by atoms with Crippen molar-refractivity contribution in [3.63, 3.8) is 0 Å². The molecule has 0 aliphatic carbocycles. The Morgan fingerprint density at radius 1 is 1.04 bits per heavy atom. The smallest absolute Gasteiger partial charge is 0.264 e. The molecule has 1 atom stereocenters. The molecule has 0 spiro atoms. The standard InChI is InChI=1S/C17H13ClF4O/c1-2-9-23-16-12(7-8-13(19)15(16)20)14(18)10-5-3-4-6-11(10)17(21)22/h2-8,14,17H,1,9H2. The van der Waals surface area contributed by atoms with Gasteiger partial charge in [-0.1, -0.05) is 43.0 Å². The van der Waals surface area contributed by atoms with Crippen molar-refractivity contribution in [2.75, 3.05) is 6.61 Å². The monoisotopic (exact) mass is 344 g/mol. The summed E-state index contributed by atoms with van der Waals surface area (Å²) < 4.78 is 58.8. The maximum absolute atomic E-state index is 14.0. The molecular weight excluding hydrogens is 332 g/mol. The van der Waals surface area contributed by atoms with Crippen LogP contribution in [-0.4, -0.2) is 6.61 Å². The first-order valence-electron chi connectivity index (χ1n) is 6.70. The van der Waals surface area contributed by atoms with Gasteiger partial charge >= 0.3 is 0 Å². The summed E-state index contributed by atoms with van der Waals surface area (Å²) in [6.07, 6.45) is -1.39. The lowest BCUT2D eigenvalue weighted by Gasteiger charge is -2.18. The Labute approximate surface area is 136 Å². The van der Waals surface area contributed by atoms with E-state index in [1.807, 2.05) is 0 Å². The highest BCUT2D eigenvalue weighted by Gasteiger charge is 2.25. The van der Waals surface area contributed by atoms with Gasteiger partial charge in [0.25, 0.3) is 6.43 Å². The predicted octanol–water partition coefficient (Wildman–Crippen LogP) is 5.80. The van der Waals surface area contributed by atoms with Gasteiger partial charge in [-0.05, 0) is 11.6 Å². The van der Waals surface area contributed by atoms with Gasteiger partial charge in [-0.25, -0.2) is 13.2 Å². The number of rotatable bonds is 6. The van der Waals surface area contributed by atoms with Gasteiger partial charge in [-0.2, -0.15) is 4.39 Å². The molecule has 0 aliphatic heterocycles. The van der Waals surface area contributed by atoms with E-state index in [1.165, 1.54) is 30.3 Å². The molecule has 0 radical (unpaired) electrons. The molecule has 122 valence electrons. The number of ether oxygens (including phenoxy) is 1. The van der Waals surface area contributed by atoms with E-state index in [4.69, 9.17) is 16.3 Å². The van der Waals surface area contributed by atoms with Gasteiger partial charge in [0.15, 0.2) is 11.6 Å². The van der Waals surface area contributed by atoms with E-state index in [0.29, 0.717) is 0 Å². The van der Waals surface area contributed by atoms with Gasteiger partial charge in [0, 0.05) is 11.1 Å². The second-order valence-corrected chi connectivity index (χ2v) is 5.11. The number of hydrogen-bond donors (Lipinski definition) is 0. The lowest BCUT2D eigenvalue weighted by atomic mass is 9.98. The highest BCUT2D eigenvalue weighted by Crippen LogP contribution is 2.40. The van der Waals surface area contributed by atoms with Crippen molar-refractivity contribution in [2.24, 2.45) is 0 Å². The van der Waals surface area contributed by atoms with Crippen molar-refractivity contribution in [3.05, 3.63) is 77.4 Å². The summed E-state index contributed by atoms with van der Waals surface area (Å²) in [6, 6.07) is 7.75. The molecular formula is C17H13ClF4O. The van der Waals surface area contributed by atoms with Gasteiger partial charge in [0.05, 0.1) is 5.38 Å². The summed E-state index contributed by atoms with van der Waals surface area (Å²) in [4.78, 5) is 0. The van der Waals surface area contributed by atoms with E-state index in [9.17, 15) is 17.6 Å². The molecule has 1 nitrogen and oxygen atoms in total. The Balaban J connectivity index is 2.53. The average Bonchev–Trinajstić information content (AvgIpc) is 2.55. The summed E-state index contributed by atoms with van der Waals surface area (Å²) in [5, 5.41) is -1.12. The molecule has 0 bridgehead atoms. The van der Waals surface area contributed by atoms with Gasteiger partial charge in [-0.15, -0.1) is 11.6 Å². The molecule has 0 N–H and O–H groups in total. The zero-order chi connectivity index (χ0) is 17.0. The Morgan fingerprint density at radius 3 is 2.30 bits per heavy atom. The molecule has 0 aromatic heterocycles. The van der Waals surface area contributed by atoms with Gasteiger partial charge < -0.3 is 4.74 Å². The first-order chi connectivity index (χ1) is 11.0. The summed E-state index contributed by atoms with van der Waals surface area (Å²) in [5.74, 6) is -2.74. The number of benzene rings is 2. The lowest BCUT2D eigenvalue weighted by molar-refractivity contribution is 0.150. The van der Waals surface area contributed by atoms with E-state index >= 15 is 0 Å². The van der Waals surface area contributed by atoms with Crippen LogP contribution in [0.2, 0.25) is 0 Å². The normalized spacial score (nSPS) is 12.3. The first-order valence-corrected chi connectivity index (χ1v) is 7.13. The second kappa shape index (κ2) is 7.51. The Kier molecular flexibility index (Phi) is 5.66. The van der Waals surface area contributed by atoms with Crippen LogP contribution in [0.1, 0.15) is 28.5 Å². The molecule has 0 amide bonds. The highest BCUT2D eigenvalue weighted by atomic mass is 35.5. The van der Waals surface area contributed by atoms with Crippen LogP contribution in [0.4, 0.5) is 17.6 Å². The van der Waals surface area contributed by atoms with Crippen LogP contribution >= 0.6 is 11.6 Å². The summed E-state index contributed by atoms with van der Waals surface area (Å²) in [7, 11) is 0. The minimum atomic E-state index is -2.74. The third kappa shape index (κ3) is 3.67. The average molecular weight is 345 g/mol. The van der Waals surface area contributed by atoms with E-state index < -0.39 is 29.2 Å². The Bertz CT molecular complexity index is 703. The second-order valence-electron chi connectivity index (χ2n) is 4.67. The molecule has 2 aromatic carbocycles. The van der Waals surface area contributed by atoms with Crippen molar-refractivity contribution in [1.82, 2.24) is 0 Å². The Hall–Kier alpha value is -2.01. The van der Waals surface area contributed by atoms with Crippen molar-refractivity contribution >= 4 is 11.6 Å². The number of hydrogen-bond acceptors (Lipinski definition) is 1. The first kappa shape index (κ1) is 17.3. The summed E-state index contributed by atoms with van der Waals surface area (Å²) in [6.45, 7) is 3.35. The Morgan fingerprint density at radius 2 is 1.70 bits per heavy atom. The van der Waals surface area contributed by atoms with Crippen molar-refractivity contribution in [2.45, 2.75) is 11.8 Å². The van der Waals surface area contributed by atoms with Gasteiger partial charge in [-0.3, -0.25) is 0 Å². The largest absolute Gasteiger partial charge is 0.486 e. The molecule has 1 unspecified atom stereocenters. The molecule has 0 aliphatic rings. The van der Waals surface area contributed by atoms with E-state index in [0.717, 1.165) is 6.07 Å². The fraction of sp³-hybridized carbons (Fsp3) is 0.176. The molecule has 6 heteroatoms. The SMILES string of the molecule is C=CCOc1c(C(Cl)c2ccccc2C(F)F)ccc(F)c1F. The van der Waals surface area contributed by atoms with Crippen molar-refractivity contribution in [1.29, 1.82) is 0 Å². The van der Waals surface area contributed by atoms with Crippen LogP contribution in [-0.2, 0) is 0 Å². The molecule has 23 heavy (non-hydrogen) atoms. The third-order valence-corrected chi connectivity index (χ3v) is 3.67. The summed E-state index contributed by atoms with van der Waals surface area (Å²) in [5.41, 5.74) is -0.0916. The van der Waals surface area contributed by atoms with Crippen LogP contribution in [0.3, 0.4) is 0 Å². The van der Waals surface area contributed by atoms with Crippen LogP contribution in [0.5, 0.6) is 5.75 Å². The topological polar surface area (TPSA) is 9.23 Å². The zero-order valence-electron chi connectivity index (χ0n) is 11.9. The third-order valence-electron chi connectivity index (χ3n) is 3.20. The fourth-order valence-corrected chi connectivity index (χ4v) is 2.51. The van der Waals surface area contributed by atoms with Crippen LogP contribution < -0.4 is 4.74 Å². The molecule has 0 saturated heterocycles. The van der Waals surface area contributed by atoms with Crippen LogP contribution in [0.15, 0.2) is 49.1 Å². The van der Waals surface area contributed by atoms with Crippen molar-refractivity contribution in [3.8, 4) is 5.75 Å². The van der Waals surface area contributed by atoms with Crippen LogP contribution in [0, 0.1) is 11.6 Å². The minimum absolute atomic E-state index is 0.0699. The number of alkyl halides is 3. The quantitative estimate of drug-likeness (QED) is 0.366. The van der Waals surface area contributed by atoms with E-state index in [-0.39, 0.29) is 23.3 Å². The molecule has 2 rings (SSSR count). The molecule has 0 fully saturated rings. The minimum Gasteiger partial charge on any atom is -0.486 e. The maximum atomic E-state index is 14.0. The molecule has 0 heterocycles. The number of halogens is 5. The van der Waals surface area contributed by atoms with E-state index in [2.05, 4.69) is 6.58 Å². The summed E-state index contributed by atoms with van der Waals surface area (Å²) >= 11 is 6.26. The van der Waals surface area contributed by atoms with Crippen molar-refractivity contribution < 1.29 is 22.3 Å². The van der Waals surface area contributed by atoms with Crippen LogP contribution in [0.25, 0.3) is 0 Å². The highest BCUT2D eigenvalue weighted by molar-refractivity contribution is 6.23. The maximum Gasteiger partial charge on any atom is 0.264 e. The van der Waals surface area contributed by atoms with Gasteiger partial charge in [0.1, 0.15) is 6.61 Å². The predicted molar refractivity (Wildman–Crippen MR) is 81.1 cm³/mol. The lowest BCUT2D eigenvalue weighted by Crippen LogP contribution is -2.06. The molecule has 2 aromatic rings. The van der Waals surface area contributed by atoms with E-state index in [1.54, 1.807) is 6.07 Å². The zero-order valence-corrected chi connectivity index (χ0v) is 12.7. The van der Waals surface area contributed by atoms with Gasteiger partial charge in [0.2, 0.25) is 5.82 Å².